The first-order valence-corrected chi connectivity index (χ1v) is 4.48. The Labute approximate surface area is 73.2 Å². The lowest BCUT2D eigenvalue weighted by atomic mass is 10.1. The topological polar surface area (TPSA) is 49.3 Å². The van der Waals surface area contributed by atoms with Gasteiger partial charge in [0.2, 0.25) is 0 Å². The van der Waals surface area contributed by atoms with Crippen LogP contribution in [0.15, 0.2) is 0 Å². The number of rotatable bonds is 3. The van der Waals surface area contributed by atoms with E-state index in [1.54, 1.807) is 0 Å². The van der Waals surface area contributed by atoms with Crippen molar-refractivity contribution in [3.63, 3.8) is 0 Å². The van der Waals surface area contributed by atoms with Crippen LogP contribution in [0.4, 0.5) is 0 Å². The molecule has 1 rings (SSSR count). The molecule has 1 amide bonds. The quantitative estimate of drug-likeness (QED) is 0.655. The average Bonchev–Trinajstić information content (AvgIpc) is 2.65. The molecule has 0 spiro atoms. The van der Waals surface area contributed by atoms with Crippen molar-refractivity contribution in [2.75, 3.05) is 0 Å². The molecule has 1 saturated carbocycles. The molecular formula is C9H17NO2. The second-order valence-electron chi connectivity index (χ2n) is 4.04. The molecule has 3 heteroatoms. The molecule has 1 fully saturated rings. The van der Waals surface area contributed by atoms with E-state index in [-0.39, 0.29) is 5.91 Å². The van der Waals surface area contributed by atoms with Gasteiger partial charge in [-0.2, -0.15) is 0 Å². The zero-order valence-corrected chi connectivity index (χ0v) is 7.92. The molecule has 3 nitrogen and oxygen atoms in total. The van der Waals surface area contributed by atoms with E-state index in [1.807, 2.05) is 0 Å². The maximum atomic E-state index is 11.2. The Morgan fingerprint density at radius 1 is 1.67 bits per heavy atom. The van der Waals surface area contributed by atoms with Crippen LogP contribution < -0.4 is 5.32 Å². The minimum absolute atomic E-state index is 0.261. The van der Waals surface area contributed by atoms with E-state index >= 15 is 0 Å². The van der Waals surface area contributed by atoms with Crippen molar-refractivity contribution in [2.45, 2.75) is 45.3 Å². The monoisotopic (exact) mass is 171 g/mol. The minimum Gasteiger partial charge on any atom is -0.381 e. The molecule has 0 aromatic rings. The number of aliphatic hydroxyl groups is 1. The second-order valence-corrected chi connectivity index (χ2v) is 4.04. The lowest BCUT2D eigenvalue weighted by Crippen LogP contribution is -2.43. The van der Waals surface area contributed by atoms with E-state index in [4.69, 9.17) is 0 Å². The first-order valence-electron chi connectivity index (χ1n) is 4.48. The van der Waals surface area contributed by atoms with E-state index in [2.05, 4.69) is 12.2 Å². The van der Waals surface area contributed by atoms with Gasteiger partial charge in [-0.15, -0.1) is 0 Å². The summed E-state index contributed by atoms with van der Waals surface area (Å²) in [7, 11) is 0. The Morgan fingerprint density at radius 3 is 2.58 bits per heavy atom. The van der Waals surface area contributed by atoms with Crippen LogP contribution in [-0.4, -0.2) is 22.7 Å². The zero-order valence-electron chi connectivity index (χ0n) is 7.92. The van der Waals surface area contributed by atoms with Crippen LogP contribution in [0.2, 0.25) is 0 Å². The summed E-state index contributed by atoms with van der Waals surface area (Å²) >= 11 is 0. The predicted molar refractivity (Wildman–Crippen MR) is 46.6 cm³/mol. The molecule has 0 heterocycles. The van der Waals surface area contributed by atoms with Crippen molar-refractivity contribution in [3.05, 3.63) is 0 Å². The normalized spacial score (nSPS) is 28.3. The molecule has 2 atom stereocenters. The van der Waals surface area contributed by atoms with Gasteiger partial charge in [0.15, 0.2) is 0 Å². The lowest BCUT2D eigenvalue weighted by Gasteiger charge is -2.16. The summed E-state index contributed by atoms with van der Waals surface area (Å²) in [5, 5.41) is 12.1. The Kier molecular flexibility index (Phi) is 2.42. The van der Waals surface area contributed by atoms with E-state index < -0.39 is 5.60 Å². The van der Waals surface area contributed by atoms with Crippen LogP contribution in [0.3, 0.4) is 0 Å². The summed E-state index contributed by atoms with van der Waals surface area (Å²) in [6.07, 6.45) is 2.18. The van der Waals surface area contributed by atoms with E-state index in [1.165, 1.54) is 13.8 Å². The highest BCUT2D eigenvalue weighted by atomic mass is 16.3. The van der Waals surface area contributed by atoms with Gasteiger partial charge in [0.25, 0.3) is 5.91 Å². The van der Waals surface area contributed by atoms with Gasteiger partial charge in [-0.1, -0.05) is 13.3 Å². The van der Waals surface area contributed by atoms with Gasteiger partial charge in [0.05, 0.1) is 0 Å². The first-order chi connectivity index (χ1) is 5.45. The van der Waals surface area contributed by atoms with Crippen LogP contribution in [0, 0.1) is 5.92 Å². The maximum Gasteiger partial charge on any atom is 0.251 e. The average molecular weight is 171 g/mol. The van der Waals surface area contributed by atoms with Crippen LogP contribution in [0.25, 0.3) is 0 Å². The molecule has 0 aromatic carbocycles. The number of nitrogens with one attached hydrogen (secondary N) is 1. The highest BCUT2D eigenvalue weighted by molar-refractivity contribution is 5.84. The largest absolute Gasteiger partial charge is 0.381 e. The molecule has 2 N–H and O–H groups in total. The number of carbonyl (C=O) groups is 1. The smallest absolute Gasteiger partial charge is 0.251 e. The molecule has 0 bridgehead atoms. The third kappa shape index (κ3) is 2.21. The fourth-order valence-electron chi connectivity index (χ4n) is 1.22. The van der Waals surface area contributed by atoms with E-state index in [0.717, 1.165) is 12.8 Å². The van der Waals surface area contributed by atoms with Gasteiger partial charge in [0.1, 0.15) is 5.60 Å². The molecule has 0 saturated heterocycles. The summed E-state index contributed by atoms with van der Waals surface area (Å²) in [5.41, 5.74) is -1.24. The highest BCUT2D eigenvalue weighted by Gasteiger charge is 2.38. The highest BCUT2D eigenvalue weighted by Crippen LogP contribution is 2.33. The van der Waals surface area contributed by atoms with Crippen molar-refractivity contribution in [1.29, 1.82) is 0 Å². The van der Waals surface area contributed by atoms with Crippen LogP contribution in [0.1, 0.15) is 33.6 Å². The zero-order chi connectivity index (χ0) is 9.35. The van der Waals surface area contributed by atoms with Gasteiger partial charge >= 0.3 is 0 Å². The molecule has 1 aliphatic carbocycles. The Morgan fingerprint density at radius 2 is 2.25 bits per heavy atom. The fourth-order valence-corrected chi connectivity index (χ4v) is 1.22. The van der Waals surface area contributed by atoms with Crippen molar-refractivity contribution in [2.24, 2.45) is 5.92 Å². The van der Waals surface area contributed by atoms with Gasteiger partial charge in [-0.25, -0.2) is 0 Å². The number of hydrogen-bond donors (Lipinski definition) is 2. The molecule has 1 aliphatic rings. The Bertz CT molecular complexity index is 183. The maximum absolute atomic E-state index is 11.2. The Balaban J connectivity index is 2.30. The molecule has 0 aliphatic heterocycles. The van der Waals surface area contributed by atoms with Crippen molar-refractivity contribution < 1.29 is 9.90 Å². The van der Waals surface area contributed by atoms with Gasteiger partial charge < -0.3 is 10.4 Å². The summed E-state index contributed by atoms with van der Waals surface area (Å²) in [5.74, 6) is 0.375. The summed E-state index contributed by atoms with van der Waals surface area (Å²) in [6.45, 7) is 5.12. The number of carbonyl (C=O) groups excluding carboxylic acids is 1. The van der Waals surface area contributed by atoms with Gasteiger partial charge in [-0.05, 0) is 26.2 Å². The predicted octanol–water partition coefficient (Wildman–Crippen LogP) is 0.672. The fraction of sp³-hybridized carbons (Fsp3) is 0.889. The van der Waals surface area contributed by atoms with Crippen molar-refractivity contribution in [3.8, 4) is 0 Å². The second kappa shape index (κ2) is 3.05. The van der Waals surface area contributed by atoms with Crippen molar-refractivity contribution >= 4 is 5.91 Å². The van der Waals surface area contributed by atoms with Crippen LogP contribution >= 0.6 is 0 Å². The summed E-state index contributed by atoms with van der Waals surface area (Å²) in [6, 6.07) is 0.314. The minimum atomic E-state index is -1.24. The van der Waals surface area contributed by atoms with Crippen LogP contribution in [-0.2, 0) is 4.79 Å². The van der Waals surface area contributed by atoms with Gasteiger partial charge in [0, 0.05) is 6.04 Å². The van der Waals surface area contributed by atoms with Crippen LogP contribution in [0.5, 0.6) is 0 Å². The molecule has 70 valence electrons. The van der Waals surface area contributed by atoms with E-state index in [0.29, 0.717) is 12.0 Å². The molecule has 0 radical (unpaired) electrons. The Hall–Kier alpha value is -0.570. The molecular weight excluding hydrogens is 154 g/mol. The molecule has 12 heavy (non-hydrogen) atoms. The third-order valence-corrected chi connectivity index (χ3v) is 2.32. The molecule has 0 aromatic heterocycles. The SMILES string of the molecule is CCC1CC1NC(=O)C(C)(C)O. The van der Waals surface area contributed by atoms with Crippen molar-refractivity contribution in [1.82, 2.24) is 5.32 Å². The summed E-state index contributed by atoms with van der Waals surface area (Å²) in [4.78, 5) is 11.2. The van der Waals surface area contributed by atoms with Gasteiger partial charge in [-0.3, -0.25) is 4.79 Å². The third-order valence-electron chi connectivity index (χ3n) is 2.32. The lowest BCUT2D eigenvalue weighted by molar-refractivity contribution is -0.136. The standard InChI is InChI=1S/C9H17NO2/c1-4-6-5-7(6)10-8(11)9(2,3)12/h6-7,12H,4-5H2,1-3H3,(H,10,11). The molecule has 2 unspecified atom stereocenters. The summed E-state index contributed by atoms with van der Waals surface area (Å²) < 4.78 is 0. The van der Waals surface area contributed by atoms with E-state index in [9.17, 15) is 9.90 Å². The first kappa shape index (κ1) is 9.52. The number of amides is 1. The number of hydrogen-bond acceptors (Lipinski definition) is 2.